The van der Waals surface area contributed by atoms with Gasteiger partial charge in [-0.3, -0.25) is 9.69 Å². The number of nitrogens with one attached hydrogen (secondary N) is 1. The lowest BCUT2D eigenvalue weighted by molar-refractivity contribution is -0.142. The largest absolute Gasteiger partial charge is 0.464 e. The Morgan fingerprint density at radius 3 is 2.93 bits per heavy atom. The van der Waals surface area contributed by atoms with E-state index in [0.29, 0.717) is 12.6 Å². The van der Waals surface area contributed by atoms with Gasteiger partial charge in [-0.1, -0.05) is 6.42 Å². The first-order chi connectivity index (χ1) is 7.27. The second-order valence-electron chi connectivity index (χ2n) is 4.56. The highest BCUT2D eigenvalue weighted by Crippen LogP contribution is 2.15. The van der Waals surface area contributed by atoms with Crippen LogP contribution in [-0.4, -0.2) is 49.7 Å². The van der Waals surface area contributed by atoms with E-state index < -0.39 is 0 Å². The number of piperidine rings is 1. The van der Waals surface area contributed by atoms with Crippen molar-refractivity contribution in [2.45, 2.75) is 37.8 Å². The molecule has 2 heterocycles. The van der Waals surface area contributed by atoms with Crippen LogP contribution in [0.3, 0.4) is 0 Å². The van der Waals surface area contributed by atoms with Gasteiger partial charge in [-0.25, -0.2) is 0 Å². The summed E-state index contributed by atoms with van der Waals surface area (Å²) in [7, 11) is 2.02. The number of cyclic esters (lactones) is 1. The van der Waals surface area contributed by atoms with Crippen LogP contribution in [0.25, 0.3) is 0 Å². The van der Waals surface area contributed by atoms with Crippen molar-refractivity contribution in [1.29, 1.82) is 0 Å². The maximum absolute atomic E-state index is 11.4. The van der Waals surface area contributed by atoms with Crippen molar-refractivity contribution >= 4 is 5.97 Å². The molecule has 2 saturated heterocycles. The molecule has 4 nitrogen and oxygen atoms in total. The van der Waals surface area contributed by atoms with Gasteiger partial charge < -0.3 is 10.1 Å². The summed E-state index contributed by atoms with van der Waals surface area (Å²) in [4.78, 5) is 13.5. The van der Waals surface area contributed by atoms with E-state index in [9.17, 15) is 4.79 Å². The maximum atomic E-state index is 11.4. The van der Waals surface area contributed by atoms with Crippen molar-refractivity contribution in [3.8, 4) is 0 Å². The van der Waals surface area contributed by atoms with Gasteiger partial charge in [0.25, 0.3) is 0 Å². The second-order valence-corrected chi connectivity index (χ2v) is 4.56. The highest BCUT2D eigenvalue weighted by Gasteiger charge is 2.31. The van der Waals surface area contributed by atoms with Crippen molar-refractivity contribution in [1.82, 2.24) is 10.2 Å². The van der Waals surface area contributed by atoms with Crippen LogP contribution in [0.1, 0.15) is 25.7 Å². The SMILES string of the molecule is CN(CC1CCCCN1)C1CCOC1=O. The van der Waals surface area contributed by atoms with E-state index in [1.54, 1.807) is 0 Å². The first-order valence-corrected chi connectivity index (χ1v) is 5.87. The lowest BCUT2D eigenvalue weighted by Gasteiger charge is -2.29. The summed E-state index contributed by atoms with van der Waals surface area (Å²) in [5.74, 6) is -0.0479. The maximum Gasteiger partial charge on any atom is 0.323 e. The molecule has 2 aliphatic rings. The summed E-state index contributed by atoms with van der Waals surface area (Å²) in [5, 5.41) is 3.49. The van der Waals surface area contributed by atoms with Crippen LogP contribution in [0.5, 0.6) is 0 Å². The molecular formula is C11H20N2O2. The van der Waals surface area contributed by atoms with Crippen molar-refractivity contribution in [3.05, 3.63) is 0 Å². The molecule has 4 heteroatoms. The smallest absolute Gasteiger partial charge is 0.323 e. The topological polar surface area (TPSA) is 41.6 Å². The van der Waals surface area contributed by atoms with Gasteiger partial charge in [0.2, 0.25) is 0 Å². The quantitative estimate of drug-likeness (QED) is 0.687. The van der Waals surface area contributed by atoms with Gasteiger partial charge >= 0.3 is 5.97 Å². The molecule has 0 radical (unpaired) electrons. The number of nitrogens with zero attached hydrogens (tertiary/aromatic N) is 1. The van der Waals surface area contributed by atoms with E-state index in [1.807, 2.05) is 7.05 Å². The standard InChI is InChI=1S/C11H20N2O2/c1-13(10-5-7-15-11(10)14)8-9-4-2-3-6-12-9/h9-10,12H,2-8H2,1H3. The minimum Gasteiger partial charge on any atom is -0.464 e. The Morgan fingerprint density at radius 1 is 1.47 bits per heavy atom. The van der Waals surface area contributed by atoms with Crippen LogP contribution in [0.15, 0.2) is 0 Å². The van der Waals surface area contributed by atoms with Crippen molar-refractivity contribution in [2.75, 3.05) is 26.7 Å². The zero-order valence-corrected chi connectivity index (χ0v) is 9.37. The average molecular weight is 212 g/mol. The van der Waals surface area contributed by atoms with Crippen molar-refractivity contribution < 1.29 is 9.53 Å². The molecule has 0 spiro atoms. The highest BCUT2D eigenvalue weighted by atomic mass is 16.5. The van der Waals surface area contributed by atoms with Gasteiger partial charge in [0, 0.05) is 19.0 Å². The summed E-state index contributed by atoms with van der Waals surface area (Å²) in [6, 6.07) is 0.547. The minimum absolute atomic E-state index is 0.00581. The summed E-state index contributed by atoms with van der Waals surface area (Å²) in [5.41, 5.74) is 0. The van der Waals surface area contributed by atoms with Gasteiger partial charge in [-0.05, 0) is 26.4 Å². The monoisotopic (exact) mass is 212 g/mol. The minimum atomic E-state index is -0.0479. The van der Waals surface area contributed by atoms with Gasteiger partial charge in [0.05, 0.1) is 6.61 Å². The number of ether oxygens (including phenoxy) is 1. The van der Waals surface area contributed by atoms with Crippen LogP contribution in [0.2, 0.25) is 0 Å². The molecule has 0 aromatic heterocycles. The molecule has 2 unspecified atom stereocenters. The molecule has 0 aromatic carbocycles. The summed E-state index contributed by atoms with van der Waals surface area (Å²) < 4.78 is 4.97. The van der Waals surface area contributed by atoms with Crippen LogP contribution in [0.4, 0.5) is 0 Å². The normalized spacial score (nSPS) is 32.0. The average Bonchev–Trinajstić information content (AvgIpc) is 2.66. The Hall–Kier alpha value is -0.610. The van der Waals surface area contributed by atoms with E-state index in [2.05, 4.69) is 10.2 Å². The van der Waals surface area contributed by atoms with Gasteiger partial charge in [0.1, 0.15) is 6.04 Å². The number of rotatable bonds is 3. The molecule has 0 saturated carbocycles. The Labute approximate surface area is 91.0 Å². The summed E-state index contributed by atoms with van der Waals surface area (Å²) in [6.07, 6.45) is 4.67. The molecule has 86 valence electrons. The van der Waals surface area contributed by atoms with E-state index in [4.69, 9.17) is 4.74 Å². The number of esters is 1. The third kappa shape index (κ3) is 2.69. The van der Waals surface area contributed by atoms with Crippen LogP contribution < -0.4 is 5.32 Å². The van der Waals surface area contributed by atoms with Crippen molar-refractivity contribution in [2.24, 2.45) is 0 Å². The molecule has 1 N–H and O–H groups in total. The summed E-state index contributed by atoms with van der Waals surface area (Å²) in [6.45, 7) is 2.67. The van der Waals surface area contributed by atoms with E-state index in [0.717, 1.165) is 19.5 Å². The Morgan fingerprint density at radius 2 is 2.33 bits per heavy atom. The number of likely N-dealkylation sites (N-methyl/N-ethyl adjacent to an activating group) is 1. The lowest BCUT2D eigenvalue weighted by atomic mass is 10.0. The predicted octanol–water partition coefficient (Wildman–Crippen LogP) is 0.376. The molecule has 0 aromatic rings. The molecule has 0 bridgehead atoms. The first-order valence-electron chi connectivity index (χ1n) is 5.87. The Bertz CT molecular complexity index is 227. The molecule has 0 amide bonds. The first kappa shape index (κ1) is 10.9. The molecule has 15 heavy (non-hydrogen) atoms. The zero-order chi connectivity index (χ0) is 10.7. The van der Waals surface area contributed by atoms with E-state index in [-0.39, 0.29) is 12.0 Å². The second kappa shape index (κ2) is 4.94. The summed E-state index contributed by atoms with van der Waals surface area (Å²) >= 11 is 0. The molecular weight excluding hydrogens is 192 g/mol. The Balaban J connectivity index is 1.80. The Kier molecular flexibility index (Phi) is 3.59. The van der Waals surface area contributed by atoms with Gasteiger partial charge in [-0.15, -0.1) is 0 Å². The van der Waals surface area contributed by atoms with Crippen molar-refractivity contribution in [3.63, 3.8) is 0 Å². The molecule has 2 fully saturated rings. The molecule has 2 aliphatic heterocycles. The van der Waals surface area contributed by atoms with E-state index >= 15 is 0 Å². The number of carbonyl (C=O) groups excluding carboxylic acids is 1. The van der Waals surface area contributed by atoms with Crippen LogP contribution in [-0.2, 0) is 9.53 Å². The van der Waals surface area contributed by atoms with Gasteiger partial charge in [-0.2, -0.15) is 0 Å². The number of hydrogen-bond donors (Lipinski definition) is 1. The highest BCUT2D eigenvalue weighted by molar-refractivity contribution is 5.77. The third-order valence-corrected chi connectivity index (χ3v) is 3.36. The predicted molar refractivity (Wildman–Crippen MR) is 57.6 cm³/mol. The lowest BCUT2D eigenvalue weighted by Crippen LogP contribution is -2.46. The van der Waals surface area contributed by atoms with E-state index in [1.165, 1.54) is 19.3 Å². The van der Waals surface area contributed by atoms with Crippen LogP contribution >= 0.6 is 0 Å². The fourth-order valence-electron chi connectivity index (χ4n) is 2.44. The number of carbonyl (C=O) groups is 1. The molecule has 0 aliphatic carbocycles. The zero-order valence-electron chi connectivity index (χ0n) is 9.37. The molecule has 2 rings (SSSR count). The third-order valence-electron chi connectivity index (χ3n) is 3.36. The molecule has 2 atom stereocenters. The van der Waals surface area contributed by atoms with Crippen LogP contribution in [0, 0.1) is 0 Å². The number of hydrogen-bond acceptors (Lipinski definition) is 4. The fraction of sp³-hybridized carbons (Fsp3) is 0.909. The fourth-order valence-corrected chi connectivity index (χ4v) is 2.44. The van der Waals surface area contributed by atoms with Gasteiger partial charge in [0.15, 0.2) is 0 Å².